The van der Waals surface area contributed by atoms with Crippen LogP contribution >= 0.6 is 0 Å². The summed E-state index contributed by atoms with van der Waals surface area (Å²) < 4.78 is 11.4. The first-order chi connectivity index (χ1) is 19.3. The van der Waals surface area contributed by atoms with E-state index in [0.717, 1.165) is 10.8 Å². The fraction of sp³-hybridized carbons (Fsp3) is 0.152. The van der Waals surface area contributed by atoms with Gasteiger partial charge in [0.05, 0.1) is 29.1 Å². The number of ether oxygens (including phenoxy) is 2. The lowest BCUT2D eigenvalue weighted by molar-refractivity contribution is -0.137. The Bertz CT molecular complexity index is 1630. The second-order valence-electron chi connectivity index (χ2n) is 9.34. The van der Waals surface area contributed by atoms with Gasteiger partial charge in [-0.25, -0.2) is 4.79 Å². The molecule has 198 valence electrons. The summed E-state index contributed by atoms with van der Waals surface area (Å²) in [5.74, 6) is -0.506. The van der Waals surface area contributed by atoms with Crippen molar-refractivity contribution in [1.82, 2.24) is 0 Å². The van der Waals surface area contributed by atoms with Crippen molar-refractivity contribution >= 4 is 40.1 Å². The van der Waals surface area contributed by atoms with Crippen LogP contribution in [-0.4, -0.2) is 24.1 Å². The molecular weight excluding hydrogens is 502 g/mol. The molecule has 0 aliphatic carbocycles. The summed E-state index contributed by atoms with van der Waals surface area (Å²) in [7, 11) is 0. The topological polar surface area (TPSA) is 103 Å². The molecule has 0 aromatic heterocycles. The number of rotatable bonds is 8. The predicted octanol–water partition coefficient (Wildman–Crippen LogP) is 6.68. The maximum absolute atomic E-state index is 14.3. The number of esters is 1. The van der Waals surface area contributed by atoms with Crippen LogP contribution in [0.15, 0.2) is 91.0 Å². The Morgan fingerprint density at radius 1 is 0.875 bits per heavy atom. The predicted molar refractivity (Wildman–Crippen MR) is 154 cm³/mol. The van der Waals surface area contributed by atoms with Gasteiger partial charge >= 0.3 is 5.97 Å². The van der Waals surface area contributed by atoms with Crippen LogP contribution in [0.1, 0.15) is 37.5 Å². The van der Waals surface area contributed by atoms with E-state index in [1.165, 1.54) is 11.0 Å². The van der Waals surface area contributed by atoms with Crippen molar-refractivity contribution in [2.45, 2.75) is 26.4 Å². The van der Waals surface area contributed by atoms with E-state index in [0.29, 0.717) is 22.7 Å². The smallest absolute Gasteiger partial charge is 0.330 e. The highest BCUT2D eigenvalue weighted by atomic mass is 16.5. The fourth-order valence-electron chi connectivity index (χ4n) is 4.30. The molecule has 4 aromatic rings. The molecular formula is C33H27N3O4. The van der Waals surface area contributed by atoms with Gasteiger partial charge in [0.2, 0.25) is 0 Å². The molecule has 4 aromatic carbocycles. The third-order valence-corrected chi connectivity index (χ3v) is 6.16. The van der Waals surface area contributed by atoms with E-state index < -0.39 is 17.5 Å². The number of nitrogens with zero attached hydrogens (tertiary/aromatic N) is 3. The van der Waals surface area contributed by atoms with Gasteiger partial charge in [-0.15, -0.1) is 0 Å². The minimum atomic E-state index is -1.45. The maximum Gasteiger partial charge on any atom is 0.330 e. The van der Waals surface area contributed by atoms with E-state index in [1.54, 1.807) is 81.4 Å². The lowest BCUT2D eigenvalue weighted by Gasteiger charge is -2.33. The van der Waals surface area contributed by atoms with Crippen molar-refractivity contribution in [3.05, 3.63) is 108 Å². The zero-order valence-corrected chi connectivity index (χ0v) is 22.4. The van der Waals surface area contributed by atoms with Crippen molar-refractivity contribution in [3.63, 3.8) is 0 Å². The molecule has 0 atom stereocenters. The Labute approximate surface area is 233 Å². The normalized spacial score (nSPS) is 11.0. The summed E-state index contributed by atoms with van der Waals surface area (Å²) >= 11 is 0. The first-order valence-corrected chi connectivity index (χ1v) is 12.7. The van der Waals surface area contributed by atoms with Crippen LogP contribution in [0.2, 0.25) is 0 Å². The molecule has 7 heteroatoms. The Balaban J connectivity index is 1.81. The molecule has 0 saturated heterocycles. The second-order valence-corrected chi connectivity index (χ2v) is 9.34. The number of carbonyl (C=O) groups excluding carboxylic acids is 2. The van der Waals surface area contributed by atoms with Crippen LogP contribution < -0.4 is 9.64 Å². The lowest BCUT2D eigenvalue weighted by Crippen LogP contribution is -2.47. The molecule has 0 unspecified atom stereocenters. The number of para-hydroxylation sites is 2. The van der Waals surface area contributed by atoms with Crippen molar-refractivity contribution in [1.29, 1.82) is 10.5 Å². The van der Waals surface area contributed by atoms with Crippen LogP contribution in [0.3, 0.4) is 0 Å². The SMILES string of the molecule is CCOC(=O)/C=C/c1cc(OC(C)(C)C(=O)N(c2ccccc2C#N)c2ccccc2C#N)c2ccccc2c1. The molecule has 40 heavy (non-hydrogen) atoms. The Morgan fingerprint density at radius 3 is 2.05 bits per heavy atom. The van der Waals surface area contributed by atoms with E-state index in [1.807, 2.05) is 30.3 Å². The van der Waals surface area contributed by atoms with Crippen LogP contribution in [0, 0.1) is 22.7 Å². The summed E-state index contributed by atoms with van der Waals surface area (Å²) in [6.07, 6.45) is 2.97. The molecule has 0 aliphatic rings. The van der Waals surface area contributed by atoms with Gasteiger partial charge < -0.3 is 9.47 Å². The van der Waals surface area contributed by atoms with E-state index in [9.17, 15) is 20.1 Å². The van der Waals surface area contributed by atoms with Crippen molar-refractivity contribution in [2.75, 3.05) is 11.5 Å². The zero-order chi connectivity index (χ0) is 28.7. The van der Waals surface area contributed by atoms with Gasteiger partial charge in [-0.2, -0.15) is 10.5 Å². The van der Waals surface area contributed by atoms with Gasteiger partial charge in [-0.05, 0) is 74.2 Å². The standard InChI is InChI=1S/C33H27N3O4/c1-4-39-31(37)18-17-23-19-24-11-5-8-14-27(24)30(20-23)40-33(2,3)32(38)36(28-15-9-6-12-25(28)21-34)29-16-10-7-13-26(29)22-35/h5-20H,4H2,1-3H3/b18-17+. The zero-order valence-electron chi connectivity index (χ0n) is 22.4. The average Bonchev–Trinajstić information content (AvgIpc) is 2.96. The first kappa shape index (κ1) is 27.6. The third kappa shape index (κ3) is 5.85. The molecule has 0 aliphatic heterocycles. The van der Waals surface area contributed by atoms with Crippen molar-refractivity contribution in [2.24, 2.45) is 0 Å². The highest BCUT2D eigenvalue weighted by Gasteiger charge is 2.38. The molecule has 0 radical (unpaired) electrons. The minimum Gasteiger partial charge on any atom is -0.477 e. The number of carbonyl (C=O) groups is 2. The molecule has 7 nitrogen and oxygen atoms in total. The second kappa shape index (κ2) is 12.0. The first-order valence-electron chi connectivity index (χ1n) is 12.7. The summed E-state index contributed by atoms with van der Waals surface area (Å²) in [6, 6.07) is 28.9. The highest BCUT2D eigenvalue weighted by molar-refractivity contribution is 6.07. The number of benzene rings is 4. The maximum atomic E-state index is 14.3. The van der Waals surface area contributed by atoms with Crippen LogP contribution in [-0.2, 0) is 14.3 Å². The summed E-state index contributed by atoms with van der Waals surface area (Å²) in [5, 5.41) is 21.2. The Hall–Kier alpha value is -5.40. The molecule has 0 bridgehead atoms. The Morgan fingerprint density at radius 2 is 1.45 bits per heavy atom. The van der Waals surface area contributed by atoms with Gasteiger partial charge in [0, 0.05) is 11.5 Å². The van der Waals surface area contributed by atoms with Gasteiger partial charge in [0.1, 0.15) is 17.9 Å². The van der Waals surface area contributed by atoms with Crippen LogP contribution in [0.5, 0.6) is 5.75 Å². The van der Waals surface area contributed by atoms with Gasteiger partial charge in [-0.1, -0.05) is 48.5 Å². The average molecular weight is 530 g/mol. The monoisotopic (exact) mass is 529 g/mol. The summed E-state index contributed by atoms with van der Waals surface area (Å²) in [6.45, 7) is 5.29. The van der Waals surface area contributed by atoms with E-state index in [4.69, 9.17) is 9.47 Å². The quantitative estimate of drug-likeness (QED) is 0.186. The number of hydrogen-bond acceptors (Lipinski definition) is 6. The number of nitriles is 2. The van der Waals surface area contributed by atoms with Crippen LogP contribution in [0.4, 0.5) is 11.4 Å². The number of hydrogen-bond donors (Lipinski definition) is 0. The lowest BCUT2D eigenvalue weighted by atomic mass is 10.0. The van der Waals surface area contributed by atoms with Gasteiger partial charge in [-0.3, -0.25) is 9.69 Å². The third-order valence-electron chi connectivity index (χ3n) is 6.16. The summed E-state index contributed by atoms with van der Waals surface area (Å²) in [5.41, 5.74) is 0.464. The minimum absolute atomic E-state index is 0.270. The van der Waals surface area contributed by atoms with E-state index >= 15 is 0 Å². The molecule has 0 heterocycles. The van der Waals surface area contributed by atoms with Gasteiger partial charge in [0.25, 0.3) is 5.91 Å². The molecule has 1 amide bonds. The molecule has 0 saturated carbocycles. The molecule has 0 N–H and O–H groups in total. The fourth-order valence-corrected chi connectivity index (χ4v) is 4.30. The summed E-state index contributed by atoms with van der Waals surface area (Å²) in [4.78, 5) is 27.6. The Kier molecular flexibility index (Phi) is 8.27. The number of amides is 1. The highest BCUT2D eigenvalue weighted by Crippen LogP contribution is 2.36. The number of fused-ring (bicyclic) bond motifs is 1. The largest absolute Gasteiger partial charge is 0.477 e. The molecule has 0 spiro atoms. The van der Waals surface area contributed by atoms with Crippen molar-refractivity contribution < 1.29 is 19.1 Å². The van der Waals surface area contributed by atoms with E-state index in [-0.39, 0.29) is 17.7 Å². The number of anilines is 2. The van der Waals surface area contributed by atoms with Gasteiger partial charge in [0.15, 0.2) is 5.60 Å². The van der Waals surface area contributed by atoms with E-state index in [2.05, 4.69) is 12.1 Å². The molecule has 0 fully saturated rings. The van der Waals surface area contributed by atoms with Crippen LogP contribution in [0.25, 0.3) is 16.8 Å². The molecule has 4 rings (SSSR count). The van der Waals surface area contributed by atoms with Crippen molar-refractivity contribution in [3.8, 4) is 17.9 Å².